The van der Waals surface area contributed by atoms with Gasteiger partial charge in [0.15, 0.2) is 5.82 Å². The molecule has 2 aliphatic rings. The van der Waals surface area contributed by atoms with Gasteiger partial charge in [-0.25, -0.2) is 4.68 Å². The summed E-state index contributed by atoms with van der Waals surface area (Å²) in [6.07, 6.45) is 9.06. The molecule has 182 valence electrons. The van der Waals surface area contributed by atoms with E-state index in [1.807, 2.05) is 23.7 Å². The third-order valence-electron chi connectivity index (χ3n) is 7.53. The van der Waals surface area contributed by atoms with E-state index >= 15 is 0 Å². The highest BCUT2D eigenvalue weighted by Crippen LogP contribution is 2.34. The summed E-state index contributed by atoms with van der Waals surface area (Å²) in [5.41, 5.74) is 2.82. The van der Waals surface area contributed by atoms with Gasteiger partial charge < -0.3 is 9.72 Å². The van der Waals surface area contributed by atoms with Crippen molar-refractivity contribution in [2.75, 3.05) is 6.61 Å². The van der Waals surface area contributed by atoms with Crippen molar-refractivity contribution in [2.24, 2.45) is 0 Å². The monoisotopic (exact) mass is 464 g/mol. The maximum Gasteiger partial charge on any atom is 0.252 e. The predicted octanol–water partition coefficient (Wildman–Crippen LogP) is 4.29. The highest BCUT2D eigenvalue weighted by atomic mass is 16.5. The van der Waals surface area contributed by atoms with Crippen molar-refractivity contribution >= 4 is 10.9 Å². The Kier molecular flexibility index (Phi) is 7.06. The molecule has 0 unspecified atom stereocenters. The van der Waals surface area contributed by atoms with Crippen molar-refractivity contribution in [3.05, 3.63) is 51.6 Å². The topological polar surface area (TPSA) is 88.9 Å². The van der Waals surface area contributed by atoms with Crippen LogP contribution in [0.4, 0.5) is 0 Å². The largest absolute Gasteiger partial charge is 0.376 e. The van der Waals surface area contributed by atoms with Gasteiger partial charge in [0.2, 0.25) is 0 Å². The van der Waals surface area contributed by atoms with E-state index in [0.717, 1.165) is 73.0 Å². The zero-order valence-electron chi connectivity index (χ0n) is 20.4. The number of fused-ring (bicyclic) bond motifs is 1. The molecule has 0 amide bonds. The highest BCUT2D eigenvalue weighted by molar-refractivity contribution is 5.81. The van der Waals surface area contributed by atoms with Crippen LogP contribution in [0.2, 0.25) is 0 Å². The average Bonchev–Trinajstić information content (AvgIpc) is 3.61. The Balaban J connectivity index is 1.50. The fourth-order valence-electron chi connectivity index (χ4n) is 5.75. The van der Waals surface area contributed by atoms with Crippen molar-refractivity contribution in [2.45, 2.75) is 96.5 Å². The SMILES string of the molecule is CCC[C@@H](c1nnnn1C[C@H]1CCCO1)N(Cc1cc2cccc(C)c2[nH]c1=O)C1CCCC1. The molecular weight excluding hydrogens is 428 g/mol. The van der Waals surface area contributed by atoms with Gasteiger partial charge in [0.05, 0.1) is 24.2 Å². The second kappa shape index (κ2) is 10.4. The molecule has 1 aromatic carbocycles. The van der Waals surface area contributed by atoms with Crippen LogP contribution in [0.5, 0.6) is 0 Å². The van der Waals surface area contributed by atoms with Gasteiger partial charge in [0.1, 0.15) is 0 Å². The molecule has 34 heavy (non-hydrogen) atoms. The molecule has 2 fully saturated rings. The number of aromatic amines is 1. The van der Waals surface area contributed by atoms with Crippen LogP contribution in [0.15, 0.2) is 29.1 Å². The molecule has 8 nitrogen and oxygen atoms in total. The maximum absolute atomic E-state index is 13.2. The summed E-state index contributed by atoms with van der Waals surface area (Å²) in [5.74, 6) is 0.900. The molecular formula is C26H36N6O2. The summed E-state index contributed by atoms with van der Waals surface area (Å²) >= 11 is 0. The number of aryl methyl sites for hydroxylation is 1. The molecule has 2 aromatic heterocycles. The predicted molar refractivity (Wildman–Crippen MR) is 132 cm³/mol. The summed E-state index contributed by atoms with van der Waals surface area (Å²) in [6, 6.07) is 8.73. The van der Waals surface area contributed by atoms with Gasteiger partial charge >= 0.3 is 0 Å². The van der Waals surface area contributed by atoms with Gasteiger partial charge in [-0.1, -0.05) is 44.4 Å². The molecule has 1 N–H and O–H groups in total. The van der Waals surface area contributed by atoms with Crippen molar-refractivity contribution in [1.29, 1.82) is 0 Å². The molecule has 1 saturated heterocycles. The molecule has 8 heteroatoms. The first kappa shape index (κ1) is 23.2. The summed E-state index contributed by atoms with van der Waals surface area (Å²) in [6.45, 7) is 6.35. The van der Waals surface area contributed by atoms with Crippen LogP contribution >= 0.6 is 0 Å². The minimum Gasteiger partial charge on any atom is -0.376 e. The lowest BCUT2D eigenvalue weighted by Crippen LogP contribution is -2.39. The Morgan fingerprint density at radius 3 is 2.85 bits per heavy atom. The van der Waals surface area contributed by atoms with E-state index in [4.69, 9.17) is 4.74 Å². The lowest BCUT2D eigenvalue weighted by molar-refractivity contribution is 0.0828. The normalized spacial score (nSPS) is 20.0. The van der Waals surface area contributed by atoms with Gasteiger partial charge in [-0.15, -0.1) is 5.10 Å². The van der Waals surface area contributed by atoms with Crippen molar-refractivity contribution in [3.63, 3.8) is 0 Å². The van der Waals surface area contributed by atoms with Crippen LogP contribution in [0, 0.1) is 6.92 Å². The molecule has 1 aliphatic carbocycles. The summed E-state index contributed by atoms with van der Waals surface area (Å²) < 4.78 is 7.82. The molecule has 1 saturated carbocycles. The van der Waals surface area contributed by atoms with E-state index in [2.05, 4.69) is 44.5 Å². The van der Waals surface area contributed by atoms with E-state index in [-0.39, 0.29) is 17.7 Å². The standard InChI is InChI=1S/C26H36N6O2/c1-3-8-23(25-28-29-30-32(25)17-22-13-7-14-34-22)31(21-11-4-5-12-21)16-20-15-19-10-6-9-18(2)24(19)27-26(20)33/h6,9-10,15,21-23H,3-5,7-8,11-14,16-17H2,1-2H3,(H,27,33)/t22-,23+/m1/s1. The number of H-pyrrole nitrogens is 1. The third kappa shape index (κ3) is 4.79. The zero-order valence-corrected chi connectivity index (χ0v) is 20.4. The summed E-state index contributed by atoms with van der Waals surface area (Å²) in [5, 5.41) is 14.0. The minimum atomic E-state index is -0.000933. The van der Waals surface area contributed by atoms with Crippen molar-refractivity contribution in [1.82, 2.24) is 30.1 Å². The Hall–Kier alpha value is -2.58. The number of aromatic nitrogens is 5. The van der Waals surface area contributed by atoms with E-state index < -0.39 is 0 Å². The Morgan fingerprint density at radius 1 is 1.24 bits per heavy atom. The fourth-order valence-corrected chi connectivity index (χ4v) is 5.75. The number of benzene rings is 1. The van der Waals surface area contributed by atoms with Crippen LogP contribution in [0.3, 0.4) is 0 Å². The van der Waals surface area contributed by atoms with Crippen LogP contribution < -0.4 is 5.56 Å². The second-order valence-corrected chi connectivity index (χ2v) is 9.93. The molecule has 0 bridgehead atoms. The number of pyridine rings is 1. The van der Waals surface area contributed by atoms with Crippen LogP contribution in [0.25, 0.3) is 10.9 Å². The number of nitrogens with zero attached hydrogens (tertiary/aromatic N) is 5. The zero-order chi connectivity index (χ0) is 23.5. The van der Waals surface area contributed by atoms with Crippen LogP contribution in [0.1, 0.15) is 81.3 Å². The lowest BCUT2D eigenvalue weighted by Gasteiger charge is -2.36. The summed E-state index contributed by atoms with van der Waals surface area (Å²) in [4.78, 5) is 18.8. The molecule has 2 atom stereocenters. The molecule has 3 aromatic rings. The van der Waals surface area contributed by atoms with E-state index in [0.29, 0.717) is 19.1 Å². The van der Waals surface area contributed by atoms with Gasteiger partial charge in [0.25, 0.3) is 5.56 Å². The maximum atomic E-state index is 13.2. The first-order valence-electron chi connectivity index (χ1n) is 12.9. The smallest absolute Gasteiger partial charge is 0.252 e. The first-order chi connectivity index (χ1) is 16.6. The average molecular weight is 465 g/mol. The van der Waals surface area contributed by atoms with E-state index in [9.17, 15) is 4.79 Å². The molecule has 0 spiro atoms. The van der Waals surface area contributed by atoms with Gasteiger partial charge in [-0.2, -0.15) is 0 Å². The molecule has 5 rings (SSSR count). The summed E-state index contributed by atoms with van der Waals surface area (Å²) in [7, 11) is 0. The van der Waals surface area contributed by atoms with Crippen LogP contribution in [-0.4, -0.2) is 48.8 Å². The Labute approximate surface area is 200 Å². The molecule has 1 aliphatic heterocycles. The number of hydrogen-bond donors (Lipinski definition) is 1. The lowest BCUT2D eigenvalue weighted by atomic mass is 10.0. The van der Waals surface area contributed by atoms with Gasteiger partial charge in [0, 0.05) is 24.8 Å². The second-order valence-electron chi connectivity index (χ2n) is 9.93. The Morgan fingerprint density at radius 2 is 2.09 bits per heavy atom. The third-order valence-corrected chi connectivity index (χ3v) is 7.53. The first-order valence-corrected chi connectivity index (χ1v) is 12.9. The Bertz CT molecular complexity index is 1160. The quantitative estimate of drug-likeness (QED) is 0.508. The van der Waals surface area contributed by atoms with Crippen LogP contribution in [-0.2, 0) is 17.8 Å². The number of rotatable bonds is 9. The molecule has 3 heterocycles. The molecule has 0 radical (unpaired) electrons. The number of hydrogen-bond acceptors (Lipinski definition) is 6. The van der Waals surface area contributed by atoms with Gasteiger partial charge in [-0.05, 0) is 66.5 Å². The van der Waals surface area contributed by atoms with E-state index in [1.54, 1.807) is 0 Å². The highest BCUT2D eigenvalue weighted by Gasteiger charge is 2.33. The number of ether oxygens (including phenoxy) is 1. The van der Waals surface area contributed by atoms with Gasteiger partial charge in [-0.3, -0.25) is 9.69 Å². The fraction of sp³-hybridized carbons (Fsp3) is 0.615. The van der Waals surface area contributed by atoms with Crippen molar-refractivity contribution < 1.29 is 4.74 Å². The number of tetrazole rings is 1. The van der Waals surface area contributed by atoms with E-state index in [1.165, 1.54) is 12.8 Å². The minimum absolute atomic E-state index is 0.000933. The van der Waals surface area contributed by atoms with Crippen molar-refractivity contribution in [3.8, 4) is 0 Å². The number of nitrogens with one attached hydrogen (secondary N) is 1. The number of para-hydroxylation sites is 1.